The number of halogens is 1. The summed E-state index contributed by atoms with van der Waals surface area (Å²) in [5.74, 6) is 3.80. The summed E-state index contributed by atoms with van der Waals surface area (Å²) in [4.78, 5) is 24.1. The molecule has 0 saturated heterocycles. The molecule has 1 unspecified atom stereocenters. The topological polar surface area (TPSA) is 90.7 Å². The molecule has 1 atom stereocenters. The van der Waals surface area contributed by atoms with Crippen LogP contribution in [0.1, 0.15) is 55.8 Å². The van der Waals surface area contributed by atoms with E-state index in [0.29, 0.717) is 22.1 Å². The standard InChI is InChI=1S/C31H31ClN2O5/c1-19(31-16-20-9-21(17-31)11-22(10-20)18-31)33-30(35)23-5-7-26(8-6-23)38-28-13-25(34(36)37)14-29(15-28)39-27-4-2-3-24(32)12-27/h2-8,12-15,19-22H,9-11,16-18H2,1H3,(H,33,35). The van der Waals surface area contributed by atoms with Gasteiger partial charge in [0, 0.05) is 22.7 Å². The maximum atomic E-state index is 13.1. The number of hydrogen-bond acceptors (Lipinski definition) is 5. The zero-order chi connectivity index (χ0) is 27.1. The van der Waals surface area contributed by atoms with Crippen molar-refractivity contribution in [2.45, 2.75) is 51.5 Å². The van der Waals surface area contributed by atoms with Crippen LogP contribution >= 0.6 is 11.6 Å². The van der Waals surface area contributed by atoms with Crippen LogP contribution < -0.4 is 14.8 Å². The van der Waals surface area contributed by atoms with Gasteiger partial charge in [-0.05, 0) is 111 Å². The number of ether oxygens (including phenoxy) is 2. The first-order chi connectivity index (χ1) is 18.7. The van der Waals surface area contributed by atoms with Gasteiger partial charge in [0.05, 0.1) is 17.1 Å². The molecule has 3 aromatic rings. The predicted molar refractivity (Wildman–Crippen MR) is 149 cm³/mol. The van der Waals surface area contributed by atoms with Crippen molar-refractivity contribution >= 4 is 23.2 Å². The van der Waals surface area contributed by atoms with E-state index in [2.05, 4.69) is 12.2 Å². The molecule has 4 aliphatic carbocycles. The molecule has 3 aromatic carbocycles. The number of carbonyl (C=O) groups is 1. The van der Waals surface area contributed by atoms with E-state index in [0.717, 1.165) is 17.8 Å². The summed E-state index contributed by atoms with van der Waals surface area (Å²) in [6, 6.07) is 18.0. The molecule has 0 radical (unpaired) electrons. The summed E-state index contributed by atoms with van der Waals surface area (Å²) >= 11 is 6.02. The molecule has 202 valence electrons. The lowest BCUT2D eigenvalue weighted by atomic mass is 9.48. The summed E-state index contributed by atoms with van der Waals surface area (Å²) in [7, 11) is 0. The van der Waals surface area contributed by atoms with Gasteiger partial charge in [-0.25, -0.2) is 0 Å². The average molecular weight is 547 g/mol. The van der Waals surface area contributed by atoms with E-state index in [1.165, 1.54) is 50.7 Å². The highest BCUT2D eigenvalue weighted by molar-refractivity contribution is 6.30. The van der Waals surface area contributed by atoms with E-state index >= 15 is 0 Å². The first kappa shape index (κ1) is 25.7. The van der Waals surface area contributed by atoms with Gasteiger partial charge in [-0.1, -0.05) is 17.7 Å². The van der Waals surface area contributed by atoms with Crippen molar-refractivity contribution in [1.29, 1.82) is 0 Å². The van der Waals surface area contributed by atoms with Crippen molar-refractivity contribution in [2.75, 3.05) is 0 Å². The number of nitrogens with one attached hydrogen (secondary N) is 1. The number of benzene rings is 3. The van der Waals surface area contributed by atoms with Crippen LogP contribution in [0.15, 0.2) is 66.7 Å². The quantitative estimate of drug-likeness (QED) is 0.227. The molecule has 4 aliphatic rings. The average Bonchev–Trinajstić information content (AvgIpc) is 2.88. The van der Waals surface area contributed by atoms with Crippen LogP contribution in [0.3, 0.4) is 0 Å². The fourth-order valence-electron chi connectivity index (χ4n) is 7.40. The zero-order valence-corrected chi connectivity index (χ0v) is 22.5. The van der Waals surface area contributed by atoms with Crippen LogP contribution in [0.5, 0.6) is 23.0 Å². The van der Waals surface area contributed by atoms with Crippen molar-refractivity contribution < 1.29 is 19.2 Å². The number of nitrogens with zero attached hydrogens (tertiary/aromatic N) is 1. The van der Waals surface area contributed by atoms with Gasteiger partial charge in [0.2, 0.25) is 0 Å². The number of non-ortho nitro benzene ring substituents is 1. The van der Waals surface area contributed by atoms with E-state index < -0.39 is 4.92 Å². The van der Waals surface area contributed by atoms with E-state index in [1.54, 1.807) is 54.6 Å². The molecule has 0 heterocycles. The molecule has 7 nitrogen and oxygen atoms in total. The molecule has 4 bridgehead atoms. The Morgan fingerprint density at radius 2 is 1.49 bits per heavy atom. The van der Waals surface area contributed by atoms with Crippen molar-refractivity contribution in [3.63, 3.8) is 0 Å². The Kier molecular flexibility index (Phi) is 6.71. The molecule has 1 amide bonds. The van der Waals surface area contributed by atoms with Crippen LogP contribution in [0, 0.1) is 33.3 Å². The molecule has 1 N–H and O–H groups in total. The Hall–Kier alpha value is -3.58. The number of carbonyl (C=O) groups excluding carboxylic acids is 1. The number of amides is 1. The maximum absolute atomic E-state index is 13.1. The third kappa shape index (κ3) is 5.46. The van der Waals surface area contributed by atoms with Gasteiger partial charge in [0.15, 0.2) is 0 Å². The van der Waals surface area contributed by atoms with Gasteiger partial charge in [-0.15, -0.1) is 0 Å². The third-order valence-electron chi connectivity index (χ3n) is 8.81. The van der Waals surface area contributed by atoms with Crippen molar-refractivity contribution in [1.82, 2.24) is 5.32 Å². The minimum atomic E-state index is -0.504. The number of nitro groups is 1. The summed E-state index contributed by atoms with van der Waals surface area (Å²) in [5.41, 5.74) is 0.627. The molecular formula is C31H31ClN2O5. The minimum Gasteiger partial charge on any atom is -0.457 e. The molecule has 0 spiro atoms. The summed E-state index contributed by atoms with van der Waals surface area (Å²) in [6.45, 7) is 2.17. The van der Waals surface area contributed by atoms with Gasteiger partial charge in [-0.2, -0.15) is 0 Å². The number of hydrogen-bond donors (Lipinski definition) is 1. The van der Waals surface area contributed by atoms with Gasteiger partial charge < -0.3 is 14.8 Å². The van der Waals surface area contributed by atoms with Gasteiger partial charge >= 0.3 is 0 Å². The maximum Gasteiger partial charge on any atom is 0.276 e. The van der Waals surface area contributed by atoms with Crippen molar-refractivity contribution in [2.24, 2.45) is 23.2 Å². The van der Waals surface area contributed by atoms with E-state index in [-0.39, 0.29) is 34.6 Å². The summed E-state index contributed by atoms with van der Waals surface area (Å²) in [6.07, 6.45) is 7.83. The lowest BCUT2D eigenvalue weighted by molar-refractivity contribution is -0.385. The molecule has 4 saturated carbocycles. The monoisotopic (exact) mass is 546 g/mol. The first-order valence-electron chi connectivity index (χ1n) is 13.6. The van der Waals surface area contributed by atoms with Crippen LogP contribution in [-0.2, 0) is 0 Å². The summed E-state index contributed by atoms with van der Waals surface area (Å²) in [5, 5.41) is 15.3. The highest BCUT2D eigenvalue weighted by atomic mass is 35.5. The molecular weight excluding hydrogens is 516 g/mol. The lowest BCUT2D eigenvalue weighted by Gasteiger charge is -2.59. The Labute approximate surface area is 232 Å². The Balaban J connectivity index is 1.13. The smallest absolute Gasteiger partial charge is 0.276 e. The minimum absolute atomic E-state index is 0.0858. The van der Waals surface area contributed by atoms with Gasteiger partial charge in [0.1, 0.15) is 23.0 Å². The normalized spacial score (nSPS) is 25.6. The molecule has 39 heavy (non-hydrogen) atoms. The second-order valence-corrected chi connectivity index (χ2v) is 12.0. The molecule has 8 heteroatoms. The molecule has 0 aromatic heterocycles. The van der Waals surface area contributed by atoms with Crippen LogP contribution in [0.4, 0.5) is 5.69 Å². The second-order valence-electron chi connectivity index (χ2n) is 11.6. The van der Waals surface area contributed by atoms with E-state index in [9.17, 15) is 14.9 Å². The Morgan fingerprint density at radius 1 is 0.897 bits per heavy atom. The van der Waals surface area contributed by atoms with Gasteiger partial charge in [0.25, 0.3) is 11.6 Å². The lowest BCUT2D eigenvalue weighted by Crippen LogP contribution is -2.55. The van der Waals surface area contributed by atoms with E-state index in [1.807, 2.05) is 0 Å². The second kappa shape index (κ2) is 10.2. The largest absolute Gasteiger partial charge is 0.457 e. The predicted octanol–water partition coefficient (Wildman–Crippen LogP) is 8.17. The zero-order valence-electron chi connectivity index (χ0n) is 21.8. The van der Waals surface area contributed by atoms with E-state index in [4.69, 9.17) is 21.1 Å². The van der Waals surface area contributed by atoms with Crippen molar-refractivity contribution in [3.8, 4) is 23.0 Å². The SMILES string of the molecule is CC(NC(=O)c1ccc(Oc2cc(Oc3cccc(Cl)c3)cc([N+](=O)[O-])c2)cc1)C12CC3CC(CC(C3)C1)C2. The van der Waals surface area contributed by atoms with Crippen LogP contribution in [0.2, 0.25) is 5.02 Å². The van der Waals surface area contributed by atoms with Crippen LogP contribution in [-0.4, -0.2) is 16.9 Å². The third-order valence-corrected chi connectivity index (χ3v) is 9.05. The van der Waals surface area contributed by atoms with Crippen LogP contribution in [0.25, 0.3) is 0 Å². The number of rotatable bonds is 8. The summed E-state index contributed by atoms with van der Waals surface area (Å²) < 4.78 is 11.7. The highest BCUT2D eigenvalue weighted by Gasteiger charge is 2.53. The fourth-order valence-corrected chi connectivity index (χ4v) is 7.58. The Morgan fingerprint density at radius 3 is 2.05 bits per heavy atom. The van der Waals surface area contributed by atoms with Crippen molar-refractivity contribution in [3.05, 3.63) is 87.4 Å². The molecule has 0 aliphatic heterocycles. The molecule has 7 rings (SSSR count). The first-order valence-corrected chi connectivity index (χ1v) is 13.9. The number of nitro benzene ring substituents is 1. The molecule has 4 fully saturated rings. The fraction of sp³-hybridized carbons (Fsp3) is 0.387. The highest BCUT2D eigenvalue weighted by Crippen LogP contribution is 2.61. The Bertz CT molecular complexity index is 1370. The van der Waals surface area contributed by atoms with Gasteiger partial charge in [-0.3, -0.25) is 14.9 Å².